The molecule has 3 heterocycles. The Hall–Kier alpha value is -2.85. The lowest BCUT2D eigenvalue weighted by Gasteiger charge is -2.36. The molecule has 4 amide bonds. The summed E-state index contributed by atoms with van der Waals surface area (Å²) in [6.07, 6.45) is 3.50. The number of hydrogen-bond donors (Lipinski definition) is 1. The van der Waals surface area contributed by atoms with Gasteiger partial charge in [-0.3, -0.25) is 14.5 Å². The van der Waals surface area contributed by atoms with Crippen LogP contribution in [0.5, 0.6) is 0 Å². The van der Waals surface area contributed by atoms with E-state index in [0.29, 0.717) is 32.5 Å². The Balaban J connectivity index is 1.26. The second-order valence-corrected chi connectivity index (χ2v) is 10.4. The lowest BCUT2D eigenvalue weighted by Crippen LogP contribution is -2.52. The van der Waals surface area contributed by atoms with Crippen molar-refractivity contribution in [3.05, 3.63) is 35.9 Å². The standard InChI is InChI=1S/C25H36N4O6/c1-25(2,3)35-24(32)27-14-8-7-11-20(27)17-33-26-22(30)21-13-12-19-15-28(21)23(31)29(19)34-16-18-9-5-4-6-10-18/h4-6,9-10,19-21H,7-8,11-17H2,1-3H3,(H,26,30)/t19?,20-,21-/m0/s1. The van der Waals surface area contributed by atoms with E-state index in [9.17, 15) is 14.4 Å². The summed E-state index contributed by atoms with van der Waals surface area (Å²) in [6.45, 7) is 7.02. The molecule has 3 aliphatic rings. The average Bonchev–Trinajstić information content (AvgIpc) is 3.06. The molecule has 4 rings (SSSR count). The van der Waals surface area contributed by atoms with Gasteiger partial charge in [-0.05, 0) is 58.4 Å². The lowest BCUT2D eigenvalue weighted by molar-refractivity contribution is -0.141. The van der Waals surface area contributed by atoms with Crippen molar-refractivity contribution in [2.24, 2.45) is 0 Å². The molecule has 3 atom stereocenters. The SMILES string of the molecule is CC(C)(C)OC(=O)N1CCCC[C@H]1CONC(=O)[C@@H]1CCC2CN1C(=O)N2OCc1ccccc1. The number of carbonyl (C=O) groups excluding carboxylic acids is 3. The predicted molar refractivity (Wildman–Crippen MR) is 127 cm³/mol. The van der Waals surface area contributed by atoms with Gasteiger partial charge in [-0.1, -0.05) is 30.3 Å². The number of hydrogen-bond acceptors (Lipinski definition) is 6. The Kier molecular flexibility index (Phi) is 7.81. The van der Waals surface area contributed by atoms with Gasteiger partial charge >= 0.3 is 12.1 Å². The Morgan fingerprint density at radius 2 is 1.86 bits per heavy atom. The number of benzene rings is 1. The number of hydroxylamine groups is 3. The number of nitrogens with zero attached hydrogens (tertiary/aromatic N) is 3. The van der Waals surface area contributed by atoms with Crippen molar-refractivity contribution in [1.82, 2.24) is 20.3 Å². The number of carbonyl (C=O) groups is 3. The monoisotopic (exact) mass is 488 g/mol. The van der Waals surface area contributed by atoms with Gasteiger partial charge in [0.1, 0.15) is 18.2 Å². The molecule has 3 saturated heterocycles. The fourth-order valence-electron chi connectivity index (χ4n) is 4.80. The zero-order chi connectivity index (χ0) is 25.0. The molecule has 10 heteroatoms. The van der Waals surface area contributed by atoms with E-state index in [1.54, 1.807) is 9.80 Å². The van der Waals surface area contributed by atoms with Crippen LogP contribution >= 0.6 is 0 Å². The van der Waals surface area contributed by atoms with Crippen LogP contribution < -0.4 is 5.48 Å². The number of urea groups is 1. The molecular formula is C25H36N4O6. The summed E-state index contributed by atoms with van der Waals surface area (Å²) in [7, 11) is 0. The highest BCUT2D eigenvalue weighted by Crippen LogP contribution is 2.30. The smallest absolute Gasteiger partial charge is 0.410 e. The number of piperidine rings is 2. The number of ether oxygens (including phenoxy) is 1. The van der Waals surface area contributed by atoms with E-state index in [1.165, 1.54) is 5.06 Å². The van der Waals surface area contributed by atoms with Crippen LogP contribution in [0.2, 0.25) is 0 Å². The van der Waals surface area contributed by atoms with Crippen molar-refractivity contribution in [2.75, 3.05) is 19.7 Å². The minimum atomic E-state index is -0.614. The summed E-state index contributed by atoms with van der Waals surface area (Å²) in [5.41, 5.74) is 2.91. The third kappa shape index (κ3) is 6.24. The molecule has 1 unspecified atom stereocenters. The van der Waals surface area contributed by atoms with Gasteiger partial charge in [0.25, 0.3) is 5.91 Å². The fraction of sp³-hybridized carbons (Fsp3) is 0.640. The first kappa shape index (κ1) is 25.2. The molecule has 10 nitrogen and oxygen atoms in total. The van der Waals surface area contributed by atoms with Crippen LogP contribution in [0.25, 0.3) is 0 Å². The number of amides is 4. The van der Waals surface area contributed by atoms with Crippen LogP contribution in [-0.2, 0) is 25.8 Å². The van der Waals surface area contributed by atoms with Crippen LogP contribution in [0.4, 0.5) is 9.59 Å². The summed E-state index contributed by atoms with van der Waals surface area (Å²) in [4.78, 5) is 52.9. The molecular weight excluding hydrogens is 452 g/mol. The van der Waals surface area contributed by atoms with Crippen LogP contribution in [0.1, 0.15) is 58.4 Å². The van der Waals surface area contributed by atoms with Crippen LogP contribution in [0, 0.1) is 0 Å². The average molecular weight is 489 g/mol. The van der Waals surface area contributed by atoms with E-state index >= 15 is 0 Å². The molecule has 1 aromatic carbocycles. The molecule has 3 aliphatic heterocycles. The molecule has 1 N–H and O–H groups in total. The zero-order valence-corrected chi connectivity index (χ0v) is 20.8. The van der Waals surface area contributed by atoms with E-state index in [0.717, 1.165) is 24.8 Å². The third-order valence-electron chi connectivity index (χ3n) is 6.54. The molecule has 0 aliphatic carbocycles. The number of nitrogens with one attached hydrogen (secondary N) is 1. The van der Waals surface area contributed by atoms with Gasteiger partial charge in [0.05, 0.1) is 18.7 Å². The lowest BCUT2D eigenvalue weighted by atomic mass is 10.0. The van der Waals surface area contributed by atoms with Crippen LogP contribution in [-0.4, -0.2) is 76.3 Å². The molecule has 0 aromatic heterocycles. The van der Waals surface area contributed by atoms with Crippen molar-refractivity contribution < 1.29 is 28.8 Å². The highest BCUT2D eigenvalue weighted by atomic mass is 16.7. The van der Waals surface area contributed by atoms with Crippen molar-refractivity contribution in [3.63, 3.8) is 0 Å². The van der Waals surface area contributed by atoms with Gasteiger partial charge in [0.2, 0.25) is 0 Å². The number of likely N-dealkylation sites (tertiary alicyclic amines) is 1. The van der Waals surface area contributed by atoms with Gasteiger partial charge in [0.15, 0.2) is 0 Å². The van der Waals surface area contributed by atoms with E-state index < -0.39 is 11.6 Å². The summed E-state index contributed by atoms with van der Waals surface area (Å²) >= 11 is 0. The number of fused-ring (bicyclic) bond motifs is 2. The maximum atomic E-state index is 12.9. The van der Waals surface area contributed by atoms with Gasteiger partial charge in [-0.25, -0.2) is 15.1 Å². The molecule has 0 spiro atoms. The fourth-order valence-corrected chi connectivity index (χ4v) is 4.80. The van der Waals surface area contributed by atoms with Gasteiger partial charge in [0, 0.05) is 13.1 Å². The van der Waals surface area contributed by atoms with E-state index in [-0.39, 0.29) is 36.7 Å². The van der Waals surface area contributed by atoms with E-state index in [4.69, 9.17) is 14.4 Å². The highest BCUT2D eigenvalue weighted by molar-refractivity contribution is 5.88. The first-order valence-corrected chi connectivity index (χ1v) is 12.4. The van der Waals surface area contributed by atoms with E-state index in [1.807, 2.05) is 51.1 Å². The highest BCUT2D eigenvalue weighted by Gasteiger charge is 2.48. The van der Waals surface area contributed by atoms with Crippen molar-refractivity contribution in [1.29, 1.82) is 0 Å². The van der Waals surface area contributed by atoms with Crippen molar-refractivity contribution in [3.8, 4) is 0 Å². The predicted octanol–water partition coefficient (Wildman–Crippen LogP) is 3.22. The van der Waals surface area contributed by atoms with Crippen molar-refractivity contribution >= 4 is 18.0 Å². The topological polar surface area (TPSA) is 101 Å². The van der Waals surface area contributed by atoms with Crippen LogP contribution in [0.15, 0.2) is 30.3 Å². The zero-order valence-electron chi connectivity index (χ0n) is 20.8. The Bertz CT molecular complexity index is 905. The quantitative estimate of drug-likeness (QED) is 0.592. The largest absolute Gasteiger partial charge is 0.444 e. The molecule has 0 saturated carbocycles. The van der Waals surface area contributed by atoms with Gasteiger partial charge in [-0.2, -0.15) is 5.06 Å². The molecule has 35 heavy (non-hydrogen) atoms. The Morgan fingerprint density at radius 3 is 2.60 bits per heavy atom. The normalized spacial score (nSPS) is 24.5. The minimum Gasteiger partial charge on any atom is -0.444 e. The summed E-state index contributed by atoms with van der Waals surface area (Å²) < 4.78 is 5.52. The molecule has 0 radical (unpaired) electrons. The van der Waals surface area contributed by atoms with E-state index in [2.05, 4.69) is 5.48 Å². The molecule has 192 valence electrons. The molecule has 2 bridgehead atoms. The van der Waals surface area contributed by atoms with Crippen LogP contribution in [0.3, 0.4) is 0 Å². The summed E-state index contributed by atoms with van der Waals surface area (Å²) in [5.74, 6) is -0.360. The Morgan fingerprint density at radius 1 is 1.09 bits per heavy atom. The number of rotatable bonds is 7. The maximum absolute atomic E-state index is 12.9. The summed E-state index contributed by atoms with van der Waals surface area (Å²) in [6, 6.07) is 8.50. The van der Waals surface area contributed by atoms with Crippen molar-refractivity contribution in [2.45, 2.75) is 83.2 Å². The second kappa shape index (κ2) is 10.8. The Labute approximate surface area is 206 Å². The third-order valence-corrected chi connectivity index (χ3v) is 6.54. The first-order chi connectivity index (χ1) is 16.7. The molecule has 3 fully saturated rings. The second-order valence-electron chi connectivity index (χ2n) is 10.4. The minimum absolute atomic E-state index is 0.0687. The first-order valence-electron chi connectivity index (χ1n) is 12.4. The van der Waals surface area contributed by atoms with Gasteiger partial charge in [-0.15, -0.1) is 0 Å². The van der Waals surface area contributed by atoms with Gasteiger partial charge < -0.3 is 14.5 Å². The summed E-state index contributed by atoms with van der Waals surface area (Å²) in [5, 5.41) is 1.40. The molecule has 1 aromatic rings. The maximum Gasteiger partial charge on any atom is 0.410 e.